The number of hydrogen-bond donors (Lipinski definition) is 0. The number of hydrogen-bond acceptors (Lipinski definition) is 7. The average molecular weight is 357 g/mol. The number of ether oxygens (including phenoxy) is 2. The monoisotopic (exact) mass is 357 g/mol. The molecule has 0 spiro atoms. The van der Waals surface area contributed by atoms with E-state index in [4.69, 9.17) is 9.47 Å². The normalized spacial score (nSPS) is 11.1. The van der Waals surface area contributed by atoms with Gasteiger partial charge in [0.1, 0.15) is 12.4 Å². The predicted octanol–water partition coefficient (Wildman–Crippen LogP) is 2.22. The van der Waals surface area contributed by atoms with Crippen molar-refractivity contribution in [1.82, 2.24) is 14.6 Å². The number of rotatable bonds is 5. The van der Waals surface area contributed by atoms with Crippen LogP contribution in [0.25, 0.3) is 11.0 Å². The van der Waals surface area contributed by atoms with Crippen molar-refractivity contribution < 1.29 is 14.3 Å². The van der Waals surface area contributed by atoms with Gasteiger partial charge in [-0.15, -0.1) is 0 Å². The first-order valence-electron chi connectivity index (χ1n) is 7.40. The number of nitrogens with zero attached hydrogens (tertiary/aromatic N) is 3. The van der Waals surface area contributed by atoms with Gasteiger partial charge >= 0.3 is 5.97 Å². The molecule has 0 aliphatic carbocycles. The molecule has 0 N–H and O–H groups in total. The zero-order valence-corrected chi connectivity index (χ0v) is 14.4. The Morgan fingerprint density at radius 2 is 2.08 bits per heavy atom. The number of benzene rings is 1. The Kier molecular flexibility index (Phi) is 4.90. The molecule has 3 aromatic rings. The zero-order valence-electron chi connectivity index (χ0n) is 13.6. The second kappa shape index (κ2) is 7.27. The van der Waals surface area contributed by atoms with Gasteiger partial charge in [0, 0.05) is 17.8 Å². The third-order valence-electron chi connectivity index (χ3n) is 3.28. The van der Waals surface area contributed by atoms with E-state index in [1.807, 2.05) is 12.1 Å². The number of esters is 1. The Morgan fingerprint density at radius 1 is 1.32 bits per heavy atom. The number of carbonyl (C=O) groups is 1. The van der Waals surface area contributed by atoms with Crippen LogP contribution >= 0.6 is 11.3 Å². The first-order chi connectivity index (χ1) is 12.0. The summed E-state index contributed by atoms with van der Waals surface area (Å²) in [6, 6.07) is 8.67. The lowest BCUT2D eigenvalue weighted by Crippen LogP contribution is -2.14. The van der Waals surface area contributed by atoms with Gasteiger partial charge in [-0.25, -0.2) is 9.78 Å². The van der Waals surface area contributed by atoms with Crippen molar-refractivity contribution in [3.63, 3.8) is 0 Å². The minimum absolute atomic E-state index is 0.0156. The number of aromatic nitrogens is 3. The maximum atomic E-state index is 11.8. The highest BCUT2D eigenvalue weighted by molar-refractivity contribution is 7.16. The second-order valence-corrected chi connectivity index (χ2v) is 6.18. The van der Waals surface area contributed by atoms with Crippen LogP contribution in [0.2, 0.25) is 0 Å². The number of aryl methyl sites for hydroxylation is 1. The van der Waals surface area contributed by atoms with Gasteiger partial charge in [-0.05, 0) is 30.7 Å². The van der Waals surface area contributed by atoms with Gasteiger partial charge < -0.3 is 9.47 Å². The van der Waals surface area contributed by atoms with Crippen molar-refractivity contribution in [1.29, 1.82) is 0 Å². The minimum atomic E-state index is -0.494. The minimum Gasteiger partial charge on any atom is -0.497 e. The van der Waals surface area contributed by atoms with E-state index in [1.54, 1.807) is 32.2 Å². The van der Waals surface area contributed by atoms with Crippen LogP contribution in [-0.2, 0) is 16.1 Å². The summed E-state index contributed by atoms with van der Waals surface area (Å²) < 4.78 is 11.4. The lowest BCUT2D eigenvalue weighted by atomic mass is 10.2. The van der Waals surface area contributed by atoms with Crippen LogP contribution < -0.4 is 10.3 Å². The molecule has 2 aromatic heterocycles. The zero-order chi connectivity index (χ0) is 17.8. The molecule has 0 unspecified atom stereocenters. The Morgan fingerprint density at radius 3 is 2.80 bits per heavy atom. The van der Waals surface area contributed by atoms with E-state index in [0.29, 0.717) is 15.7 Å². The summed E-state index contributed by atoms with van der Waals surface area (Å²) >= 11 is 1.21. The van der Waals surface area contributed by atoms with Gasteiger partial charge in [0.25, 0.3) is 5.56 Å². The molecule has 0 aliphatic heterocycles. The molecule has 0 saturated carbocycles. The molecule has 1 aromatic carbocycles. The van der Waals surface area contributed by atoms with Gasteiger partial charge in [-0.3, -0.25) is 4.79 Å². The molecule has 0 fully saturated rings. The fourth-order valence-corrected chi connectivity index (χ4v) is 2.94. The van der Waals surface area contributed by atoms with Crippen molar-refractivity contribution in [3.8, 4) is 5.75 Å². The Bertz CT molecular complexity index is 989. The molecule has 7 nitrogen and oxygen atoms in total. The van der Waals surface area contributed by atoms with Crippen molar-refractivity contribution >= 4 is 28.3 Å². The van der Waals surface area contributed by atoms with Gasteiger partial charge in [0.15, 0.2) is 5.01 Å². The SMILES string of the molecule is COc1ccc(/C=C/C(=O)OCc2nn3c(=O)cc(C)nc3s2)cc1. The highest BCUT2D eigenvalue weighted by Crippen LogP contribution is 2.14. The van der Waals surface area contributed by atoms with E-state index >= 15 is 0 Å². The number of fused-ring (bicyclic) bond motifs is 1. The summed E-state index contributed by atoms with van der Waals surface area (Å²) in [4.78, 5) is 28.3. The van der Waals surface area contributed by atoms with Crippen LogP contribution in [0.1, 0.15) is 16.3 Å². The smallest absolute Gasteiger partial charge is 0.331 e. The molecule has 0 atom stereocenters. The lowest BCUT2D eigenvalue weighted by Gasteiger charge is -1.99. The molecule has 0 radical (unpaired) electrons. The van der Waals surface area contributed by atoms with Gasteiger partial charge in [0.05, 0.1) is 7.11 Å². The maximum absolute atomic E-state index is 11.8. The summed E-state index contributed by atoms with van der Waals surface area (Å²) in [6.07, 6.45) is 2.99. The molecule has 3 rings (SSSR count). The van der Waals surface area contributed by atoms with Crippen LogP contribution in [0.4, 0.5) is 0 Å². The van der Waals surface area contributed by atoms with Gasteiger partial charge in [0.2, 0.25) is 4.96 Å². The Hall–Kier alpha value is -3.00. The van der Waals surface area contributed by atoms with Crippen LogP contribution in [0.15, 0.2) is 41.2 Å². The molecule has 2 heterocycles. The molecule has 0 aliphatic rings. The van der Waals surface area contributed by atoms with E-state index in [1.165, 1.54) is 28.0 Å². The number of carbonyl (C=O) groups excluding carboxylic acids is 1. The first kappa shape index (κ1) is 16.8. The third-order valence-corrected chi connectivity index (χ3v) is 4.16. The lowest BCUT2D eigenvalue weighted by molar-refractivity contribution is -0.138. The van der Waals surface area contributed by atoms with E-state index in [-0.39, 0.29) is 12.2 Å². The topological polar surface area (TPSA) is 82.8 Å². The summed E-state index contributed by atoms with van der Waals surface area (Å²) in [5.41, 5.74) is 1.22. The van der Waals surface area contributed by atoms with E-state index < -0.39 is 5.97 Å². The summed E-state index contributed by atoms with van der Waals surface area (Å²) in [5, 5.41) is 4.61. The highest BCUT2D eigenvalue weighted by Gasteiger charge is 2.09. The maximum Gasteiger partial charge on any atom is 0.331 e. The fraction of sp³-hybridized carbons (Fsp3) is 0.176. The van der Waals surface area contributed by atoms with Crippen LogP contribution in [0.3, 0.4) is 0 Å². The second-order valence-electron chi connectivity index (χ2n) is 5.14. The molecule has 128 valence electrons. The van der Waals surface area contributed by atoms with E-state index in [2.05, 4.69) is 10.1 Å². The van der Waals surface area contributed by atoms with Gasteiger partial charge in [-0.1, -0.05) is 23.5 Å². The molecule has 0 amide bonds. The molecular formula is C17H15N3O4S. The average Bonchev–Trinajstić information content (AvgIpc) is 3.02. The van der Waals surface area contributed by atoms with Crippen molar-refractivity contribution in [3.05, 3.63) is 63.0 Å². The molecule has 0 bridgehead atoms. The van der Waals surface area contributed by atoms with Crippen molar-refractivity contribution in [2.75, 3.05) is 7.11 Å². The predicted molar refractivity (Wildman–Crippen MR) is 93.7 cm³/mol. The van der Waals surface area contributed by atoms with E-state index in [0.717, 1.165) is 11.3 Å². The first-order valence-corrected chi connectivity index (χ1v) is 8.22. The molecule has 0 saturated heterocycles. The number of methoxy groups -OCH3 is 1. The van der Waals surface area contributed by atoms with Crippen LogP contribution in [0.5, 0.6) is 5.75 Å². The van der Waals surface area contributed by atoms with Crippen molar-refractivity contribution in [2.24, 2.45) is 0 Å². The third kappa shape index (κ3) is 4.10. The van der Waals surface area contributed by atoms with Crippen molar-refractivity contribution in [2.45, 2.75) is 13.5 Å². The van der Waals surface area contributed by atoms with E-state index in [9.17, 15) is 9.59 Å². The fourth-order valence-electron chi connectivity index (χ4n) is 2.08. The molecule has 8 heteroatoms. The molecule has 25 heavy (non-hydrogen) atoms. The summed E-state index contributed by atoms with van der Waals surface area (Å²) in [6.45, 7) is 1.73. The Labute approximate surface area is 147 Å². The van der Waals surface area contributed by atoms with Crippen LogP contribution in [0, 0.1) is 6.92 Å². The van der Waals surface area contributed by atoms with Crippen LogP contribution in [-0.4, -0.2) is 27.7 Å². The standard InChI is InChI=1S/C17H15N3O4S/c1-11-9-15(21)20-17(18-11)25-14(19-20)10-24-16(22)8-5-12-3-6-13(23-2)7-4-12/h3-9H,10H2,1-2H3/b8-5+. The summed E-state index contributed by atoms with van der Waals surface area (Å²) in [7, 11) is 1.59. The quantitative estimate of drug-likeness (QED) is 0.514. The van der Waals surface area contributed by atoms with Gasteiger partial charge in [-0.2, -0.15) is 9.61 Å². The largest absolute Gasteiger partial charge is 0.497 e. The highest BCUT2D eigenvalue weighted by atomic mass is 32.1. The summed E-state index contributed by atoms with van der Waals surface area (Å²) in [5.74, 6) is 0.251. The Balaban J connectivity index is 1.62. The molecular weight excluding hydrogens is 342 g/mol.